The summed E-state index contributed by atoms with van der Waals surface area (Å²) in [6.45, 7) is -9.45. The highest BCUT2D eigenvalue weighted by molar-refractivity contribution is 5.68. The molecule has 1 aliphatic heterocycles. The molecule has 0 aromatic carbocycles. The fourth-order valence-electron chi connectivity index (χ4n) is 0.953. The van der Waals surface area contributed by atoms with Crippen LogP contribution in [0.15, 0.2) is 0 Å². The zero-order chi connectivity index (χ0) is 22.0. The first kappa shape index (κ1) is 7.71. The Labute approximate surface area is 122 Å². The van der Waals surface area contributed by atoms with Crippen LogP contribution in [0.25, 0.3) is 0 Å². The molecule has 0 aliphatic carbocycles. The van der Waals surface area contributed by atoms with Gasteiger partial charge in [-0.05, 0) is 27.7 Å². The van der Waals surface area contributed by atoms with E-state index in [4.69, 9.17) is 11.0 Å². The minimum atomic E-state index is -5.03. The molecule has 4 nitrogen and oxygen atoms in total. The number of amides is 1. The Bertz CT molecular complexity index is 578. The molecule has 0 saturated carbocycles. The summed E-state index contributed by atoms with van der Waals surface area (Å²) < 4.78 is 106. The van der Waals surface area contributed by atoms with E-state index in [1.165, 1.54) is 20.8 Å². The van der Waals surface area contributed by atoms with Crippen molar-refractivity contribution >= 4 is 6.09 Å². The van der Waals surface area contributed by atoms with Crippen molar-refractivity contribution in [3.8, 4) is 0 Å². The van der Waals surface area contributed by atoms with Gasteiger partial charge in [-0.1, -0.05) is 0 Å². The number of carbonyl (C=O) groups is 1. The second-order valence-corrected chi connectivity index (χ2v) is 4.86. The number of nitrogens with zero attached hydrogens (tertiary/aromatic N) is 2. The fourth-order valence-corrected chi connectivity index (χ4v) is 0.953. The molecule has 0 spiro atoms. The molecule has 1 saturated heterocycles. The van der Waals surface area contributed by atoms with E-state index in [2.05, 4.69) is 4.74 Å². The maximum Gasteiger partial charge on any atom is 0.425 e. The lowest BCUT2D eigenvalue weighted by molar-refractivity contribution is -0.200. The van der Waals surface area contributed by atoms with E-state index >= 15 is 0 Å². The van der Waals surface area contributed by atoms with Crippen LogP contribution in [0.2, 0.25) is 0 Å². The Balaban J connectivity index is 3.58. The van der Waals surface area contributed by atoms with Gasteiger partial charge in [0.05, 0.1) is 5.48 Å². The van der Waals surface area contributed by atoms with Gasteiger partial charge >= 0.3 is 12.3 Å². The molecule has 1 amide bonds. The van der Waals surface area contributed by atoms with Gasteiger partial charge < -0.3 is 9.64 Å². The van der Waals surface area contributed by atoms with Gasteiger partial charge in [0.25, 0.3) is 0 Å². The van der Waals surface area contributed by atoms with E-state index in [1.807, 2.05) is 0 Å². The third-order valence-corrected chi connectivity index (χ3v) is 2.14. The standard InChI is InChI=1S/C12H21F3N2O2/c1-9(12(13,14)15)19-10(18)16-5-7-17(8-6-16)11(2,3)4/h9H,5-8H2,1-4H3/i5D2,6D2,7D2,8D2. The van der Waals surface area contributed by atoms with E-state index in [0.717, 1.165) is 0 Å². The van der Waals surface area contributed by atoms with Gasteiger partial charge in [-0.15, -0.1) is 0 Å². The Morgan fingerprint density at radius 2 is 1.68 bits per heavy atom. The third kappa shape index (κ3) is 4.56. The van der Waals surface area contributed by atoms with Crippen LogP contribution < -0.4 is 0 Å². The Kier molecular flexibility index (Phi) is 2.26. The van der Waals surface area contributed by atoms with Gasteiger partial charge in [0.15, 0.2) is 6.10 Å². The molecule has 7 heteroatoms. The summed E-state index contributed by atoms with van der Waals surface area (Å²) in [6, 6.07) is 0. The maximum atomic E-state index is 12.6. The van der Waals surface area contributed by atoms with Crippen molar-refractivity contribution in [1.82, 2.24) is 9.80 Å². The lowest BCUT2D eigenvalue weighted by Crippen LogP contribution is -2.55. The van der Waals surface area contributed by atoms with Crippen LogP contribution in [0.4, 0.5) is 18.0 Å². The van der Waals surface area contributed by atoms with Crippen molar-refractivity contribution in [2.45, 2.75) is 45.5 Å². The van der Waals surface area contributed by atoms with E-state index in [1.54, 1.807) is 0 Å². The Morgan fingerprint density at radius 1 is 1.21 bits per heavy atom. The first-order valence-corrected chi connectivity index (χ1v) is 5.42. The van der Waals surface area contributed by atoms with Crippen molar-refractivity contribution in [2.75, 3.05) is 26.0 Å². The van der Waals surface area contributed by atoms with Crippen molar-refractivity contribution < 1.29 is 33.7 Å². The van der Waals surface area contributed by atoms with Crippen molar-refractivity contribution in [3.05, 3.63) is 0 Å². The summed E-state index contributed by atoms with van der Waals surface area (Å²) in [5.41, 5.74) is -1.46. The number of piperazine rings is 1. The number of ether oxygens (including phenoxy) is 1. The van der Waals surface area contributed by atoms with E-state index in [9.17, 15) is 18.0 Å². The van der Waals surface area contributed by atoms with Crippen LogP contribution in [-0.4, -0.2) is 59.7 Å². The summed E-state index contributed by atoms with van der Waals surface area (Å²) >= 11 is 0. The molecule has 0 N–H and O–H groups in total. The number of carbonyl (C=O) groups excluding carboxylic acids is 1. The van der Waals surface area contributed by atoms with Gasteiger partial charge in [0.1, 0.15) is 0 Å². The smallest absolute Gasteiger partial charge is 0.425 e. The van der Waals surface area contributed by atoms with Crippen molar-refractivity contribution in [2.24, 2.45) is 0 Å². The normalized spacial score (nSPS) is 37.1. The number of halogens is 3. The van der Waals surface area contributed by atoms with Gasteiger partial charge in [-0.25, -0.2) is 4.79 Å². The van der Waals surface area contributed by atoms with Crippen LogP contribution >= 0.6 is 0 Å². The van der Waals surface area contributed by atoms with Gasteiger partial charge in [-0.3, -0.25) is 4.90 Å². The summed E-state index contributed by atoms with van der Waals surface area (Å²) in [4.78, 5) is 11.9. The molecule has 1 rings (SSSR count). The molecule has 0 aromatic rings. The maximum absolute atomic E-state index is 12.6. The zero-order valence-electron chi connectivity index (χ0n) is 18.9. The highest BCUT2D eigenvalue weighted by Gasteiger charge is 2.40. The summed E-state index contributed by atoms with van der Waals surface area (Å²) in [7, 11) is 0. The number of hydrogen-bond donors (Lipinski definition) is 0. The average Bonchev–Trinajstić information content (AvgIpc) is 2.31. The largest absolute Gasteiger partial charge is 0.437 e. The predicted molar refractivity (Wildman–Crippen MR) is 64.9 cm³/mol. The molecule has 1 aliphatic rings. The first-order valence-electron chi connectivity index (χ1n) is 9.42. The lowest BCUT2D eigenvalue weighted by atomic mass is 10.1. The van der Waals surface area contributed by atoms with Gasteiger partial charge in [-0.2, -0.15) is 13.2 Å². The van der Waals surface area contributed by atoms with Crippen LogP contribution in [0.1, 0.15) is 38.7 Å². The number of hydrogen-bond acceptors (Lipinski definition) is 3. The number of alkyl halides is 3. The Hall–Kier alpha value is -0.980. The predicted octanol–water partition coefficient (Wildman–Crippen LogP) is 2.49. The lowest BCUT2D eigenvalue weighted by Gasteiger charge is -2.42. The molecule has 0 radical (unpaired) electrons. The molecule has 1 unspecified atom stereocenters. The topological polar surface area (TPSA) is 32.8 Å². The molecule has 1 atom stereocenters. The Morgan fingerprint density at radius 3 is 2.05 bits per heavy atom. The molecular weight excluding hydrogens is 261 g/mol. The zero-order valence-corrected chi connectivity index (χ0v) is 10.9. The highest BCUT2D eigenvalue weighted by atomic mass is 19.4. The van der Waals surface area contributed by atoms with Crippen LogP contribution in [0.3, 0.4) is 0 Å². The van der Waals surface area contributed by atoms with Crippen LogP contribution in [0, 0.1) is 0 Å². The van der Waals surface area contributed by atoms with Gasteiger partial charge in [0.2, 0.25) is 0 Å². The van der Waals surface area contributed by atoms with Crippen LogP contribution in [-0.2, 0) is 4.74 Å². The average molecular weight is 290 g/mol. The second-order valence-electron chi connectivity index (χ2n) is 4.86. The molecule has 1 heterocycles. The summed E-state index contributed by atoms with van der Waals surface area (Å²) in [5.74, 6) is 0. The SMILES string of the molecule is [2H]C1([2H])N(C(=O)OC(C)C(F)(F)F)C([2H])([2H])C([2H])([2H])N(C(C)(C)C)C1([2H])[2H]. The number of rotatable bonds is 1. The van der Waals surface area contributed by atoms with Gasteiger partial charge in [0, 0.05) is 37.0 Å². The third-order valence-electron chi connectivity index (χ3n) is 2.14. The first-order chi connectivity index (χ1) is 11.5. The summed E-state index contributed by atoms with van der Waals surface area (Å²) in [6.07, 6.45) is -9.94. The molecule has 0 bridgehead atoms. The van der Waals surface area contributed by atoms with E-state index in [0.29, 0.717) is 6.92 Å². The molecule has 112 valence electrons. The molecule has 0 aromatic heterocycles. The summed E-state index contributed by atoms with van der Waals surface area (Å²) in [5, 5.41) is 0. The fraction of sp³-hybridized carbons (Fsp3) is 0.917. The molecule has 19 heavy (non-hydrogen) atoms. The second kappa shape index (κ2) is 5.56. The highest BCUT2D eigenvalue weighted by Crippen LogP contribution is 2.23. The van der Waals surface area contributed by atoms with E-state index < -0.39 is 54.8 Å². The van der Waals surface area contributed by atoms with E-state index in [-0.39, 0.29) is 4.90 Å². The molecule has 1 fully saturated rings. The quantitative estimate of drug-likeness (QED) is 0.744. The van der Waals surface area contributed by atoms with Crippen LogP contribution in [0.5, 0.6) is 0 Å². The monoisotopic (exact) mass is 290 g/mol. The minimum Gasteiger partial charge on any atom is -0.437 e. The minimum absolute atomic E-state index is 0.282. The van der Waals surface area contributed by atoms with Crippen molar-refractivity contribution in [1.29, 1.82) is 0 Å². The van der Waals surface area contributed by atoms with Crippen molar-refractivity contribution in [3.63, 3.8) is 0 Å². The molecular formula is C12H21F3N2O2.